The normalized spacial score (nSPS) is 14.1. The Balaban J connectivity index is 3.94. The molecule has 1 N–H and O–H groups in total. The predicted molar refractivity (Wildman–Crippen MR) is 58.8 cm³/mol. The van der Waals surface area contributed by atoms with Gasteiger partial charge in [0.05, 0.1) is 6.54 Å². The molecule has 104 valence electrons. The van der Waals surface area contributed by atoms with Crippen LogP contribution in [-0.4, -0.2) is 37.1 Å². The van der Waals surface area contributed by atoms with Crippen LogP contribution in [0.5, 0.6) is 0 Å². The quantitative estimate of drug-likeness (QED) is 0.709. The summed E-state index contributed by atoms with van der Waals surface area (Å²) in [6, 6.07) is 0. The van der Waals surface area contributed by atoms with Gasteiger partial charge in [0, 0.05) is 12.0 Å². The molecule has 0 atom stereocenters. The minimum absolute atomic E-state index is 0.418. The third-order valence-electron chi connectivity index (χ3n) is 2.02. The summed E-state index contributed by atoms with van der Waals surface area (Å²) < 4.78 is 56.2. The van der Waals surface area contributed by atoms with Crippen molar-refractivity contribution in [3.63, 3.8) is 0 Å². The first-order valence-corrected chi connectivity index (χ1v) is 5.56. The molecule has 0 unspecified atom stereocenters. The van der Waals surface area contributed by atoms with E-state index in [0.717, 1.165) is 0 Å². The zero-order valence-corrected chi connectivity index (χ0v) is 10.7. The van der Waals surface area contributed by atoms with E-state index in [1.807, 2.05) is 0 Å². The molecule has 0 rings (SSSR count). The number of alkyl halides is 4. The fourth-order valence-corrected chi connectivity index (χ4v) is 0.897. The van der Waals surface area contributed by atoms with Crippen molar-refractivity contribution in [1.29, 1.82) is 0 Å². The molecule has 0 aromatic heterocycles. The topological polar surface area (TPSA) is 21.3 Å². The smallest absolute Gasteiger partial charge is 0.283 e. The molecule has 0 aliphatic rings. The van der Waals surface area contributed by atoms with Crippen LogP contribution in [0.2, 0.25) is 0 Å². The second kappa shape index (κ2) is 6.00. The van der Waals surface area contributed by atoms with Gasteiger partial charge < -0.3 is 10.1 Å². The number of nitrogens with one attached hydrogen (secondary N) is 1. The zero-order chi connectivity index (χ0) is 13.7. The monoisotopic (exact) mass is 259 g/mol. The van der Waals surface area contributed by atoms with Gasteiger partial charge in [0.2, 0.25) is 0 Å². The molecule has 17 heavy (non-hydrogen) atoms. The van der Waals surface area contributed by atoms with E-state index in [2.05, 4.69) is 10.1 Å². The highest BCUT2D eigenvalue weighted by Gasteiger charge is 2.33. The minimum Gasteiger partial charge on any atom is -0.369 e. The Bertz CT molecular complexity index is 226. The van der Waals surface area contributed by atoms with Crippen LogP contribution in [-0.2, 0) is 4.74 Å². The van der Waals surface area contributed by atoms with E-state index in [0.29, 0.717) is 0 Å². The fourth-order valence-electron chi connectivity index (χ4n) is 0.897. The Morgan fingerprint density at radius 3 is 1.82 bits per heavy atom. The lowest BCUT2D eigenvalue weighted by molar-refractivity contribution is -0.129. The highest BCUT2D eigenvalue weighted by atomic mass is 19.3. The number of halogens is 4. The molecular weight excluding hydrogens is 238 g/mol. The van der Waals surface area contributed by atoms with E-state index < -0.39 is 43.6 Å². The molecule has 2 nitrogen and oxygen atoms in total. The Hall–Kier alpha value is -0.360. The number of hydrogen-bond donors (Lipinski definition) is 1. The van der Waals surface area contributed by atoms with Gasteiger partial charge in [0.15, 0.2) is 0 Å². The molecule has 0 saturated heterocycles. The maximum atomic E-state index is 13.2. The molecular formula is C11H21F4NO. The maximum Gasteiger partial charge on any atom is 0.283 e. The first kappa shape index (κ1) is 16.6. The number of ether oxygens (including phenoxy) is 1. The molecule has 0 aromatic rings. The van der Waals surface area contributed by atoms with E-state index in [-0.39, 0.29) is 0 Å². The van der Waals surface area contributed by atoms with Gasteiger partial charge >= 0.3 is 0 Å². The summed E-state index contributed by atoms with van der Waals surface area (Å²) in [6.07, 6.45) is -0.418. The van der Waals surface area contributed by atoms with Crippen LogP contribution < -0.4 is 5.32 Å². The van der Waals surface area contributed by atoms with Crippen LogP contribution in [0.4, 0.5) is 17.6 Å². The van der Waals surface area contributed by atoms with Crippen LogP contribution in [0.25, 0.3) is 0 Å². The van der Waals surface area contributed by atoms with Crippen molar-refractivity contribution in [3.05, 3.63) is 0 Å². The van der Waals surface area contributed by atoms with Gasteiger partial charge in [-0.25, -0.2) is 17.6 Å². The fraction of sp³-hybridized carbons (Fsp3) is 1.00. The Morgan fingerprint density at radius 2 is 1.41 bits per heavy atom. The van der Waals surface area contributed by atoms with Crippen molar-refractivity contribution in [1.82, 2.24) is 5.32 Å². The van der Waals surface area contributed by atoms with E-state index in [9.17, 15) is 17.6 Å². The molecule has 0 spiro atoms. The van der Waals surface area contributed by atoms with Gasteiger partial charge in [0.25, 0.3) is 11.8 Å². The summed E-state index contributed by atoms with van der Waals surface area (Å²) in [7, 11) is 0. The van der Waals surface area contributed by atoms with E-state index in [1.165, 1.54) is 6.92 Å². The van der Waals surface area contributed by atoms with Crippen molar-refractivity contribution in [3.8, 4) is 0 Å². The second-order valence-corrected chi connectivity index (χ2v) is 5.16. The predicted octanol–water partition coefficient (Wildman–Crippen LogP) is 3.07. The van der Waals surface area contributed by atoms with Crippen LogP contribution in [0.3, 0.4) is 0 Å². The van der Waals surface area contributed by atoms with Crippen LogP contribution >= 0.6 is 0 Å². The SMILES string of the molecule is CCC(F)(F)COCC(F)(F)CNC(C)(C)C. The molecule has 0 aliphatic heterocycles. The van der Waals surface area contributed by atoms with Crippen LogP contribution in [0.1, 0.15) is 34.1 Å². The Kier molecular flexibility index (Phi) is 5.87. The van der Waals surface area contributed by atoms with Crippen molar-refractivity contribution in [2.75, 3.05) is 19.8 Å². The lowest BCUT2D eigenvalue weighted by atomic mass is 10.1. The van der Waals surface area contributed by atoms with Crippen molar-refractivity contribution < 1.29 is 22.3 Å². The van der Waals surface area contributed by atoms with Gasteiger partial charge in [-0.2, -0.15) is 0 Å². The van der Waals surface area contributed by atoms with E-state index in [1.54, 1.807) is 20.8 Å². The summed E-state index contributed by atoms with van der Waals surface area (Å²) in [5.41, 5.74) is -0.448. The summed E-state index contributed by atoms with van der Waals surface area (Å²) in [5.74, 6) is -6.18. The largest absolute Gasteiger partial charge is 0.369 e. The van der Waals surface area contributed by atoms with E-state index >= 15 is 0 Å². The average Bonchev–Trinajstić information content (AvgIpc) is 2.13. The van der Waals surface area contributed by atoms with Gasteiger partial charge in [-0.3, -0.25) is 0 Å². The molecule has 0 fully saturated rings. The maximum absolute atomic E-state index is 13.2. The number of rotatable bonds is 7. The molecule has 0 heterocycles. The molecule has 0 radical (unpaired) electrons. The Labute approximate surface area is 99.7 Å². The molecule has 0 aliphatic carbocycles. The summed E-state index contributed by atoms with van der Waals surface area (Å²) in [6.45, 7) is 3.97. The highest BCUT2D eigenvalue weighted by Crippen LogP contribution is 2.20. The van der Waals surface area contributed by atoms with Gasteiger partial charge in [-0.1, -0.05) is 6.92 Å². The van der Waals surface area contributed by atoms with Crippen LogP contribution in [0, 0.1) is 0 Å². The third kappa shape index (κ3) is 9.35. The third-order valence-corrected chi connectivity index (χ3v) is 2.02. The van der Waals surface area contributed by atoms with Gasteiger partial charge in [0.1, 0.15) is 13.2 Å². The molecule has 0 bridgehead atoms. The van der Waals surface area contributed by atoms with Crippen molar-refractivity contribution in [2.24, 2.45) is 0 Å². The molecule has 0 saturated carbocycles. The molecule has 0 aromatic carbocycles. The van der Waals surface area contributed by atoms with Crippen LogP contribution in [0.15, 0.2) is 0 Å². The summed E-state index contributed by atoms with van der Waals surface area (Å²) in [4.78, 5) is 0. The Morgan fingerprint density at radius 1 is 0.941 bits per heavy atom. The van der Waals surface area contributed by atoms with E-state index in [4.69, 9.17) is 0 Å². The van der Waals surface area contributed by atoms with Crippen molar-refractivity contribution in [2.45, 2.75) is 51.5 Å². The second-order valence-electron chi connectivity index (χ2n) is 5.16. The van der Waals surface area contributed by atoms with Gasteiger partial charge in [-0.15, -0.1) is 0 Å². The lowest BCUT2D eigenvalue weighted by Gasteiger charge is -2.25. The standard InChI is InChI=1S/C11H21F4NO/c1-5-10(12,13)7-17-8-11(14,15)6-16-9(2,3)4/h16H,5-8H2,1-4H3. The van der Waals surface area contributed by atoms with Crippen molar-refractivity contribution >= 4 is 0 Å². The first-order chi connectivity index (χ1) is 7.47. The summed E-state index contributed by atoms with van der Waals surface area (Å²) >= 11 is 0. The average molecular weight is 259 g/mol. The lowest BCUT2D eigenvalue weighted by Crippen LogP contribution is -2.45. The van der Waals surface area contributed by atoms with Gasteiger partial charge in [-0.05, 0) is 20.8 Å². The first-order valence-electron chi connectivity index (χ1n) is 5.56. The summed E-state index contributed by atoms with van der Waals surface area (Å²) in [5, 5.41) is 2.61. The minimum atomic E-state index is -3.14. The zero-order valence-electron chi connectivity index (χ0n) is 10.7. The highest BCUT2D eigenvalue weighted by molar-refractivity contribution is 4.77. The molecule has 6 heteroatoms. The number of hydrogen-bond acceptors (Lipinski definition) is 2. The molecule has 0 amide bonds.